The fourth-order valence-electron chi connectivity index (χ4n) is 2.08. The van der Waals surface area contributed by atoms with E-state index in [4.69, 9.17) is 4.74 Å². The van der Waals surface area contributed by atoms with Crippen molar-refractivity contribution in [1.29, 1.82) is 0 Å². The van der Waals surface area contributed by atoms with Gasteiger partial charge in [0.2, 0.25) is 0 Å². The van der Waals surface area contributed by atoms with Gasteiger partial charge in [-0.3, -0.25) is 4.57 Å². The maximum absolute atomic E-state index is 11.4. The van der Waals surface area contributed by atoms with E-state index in [9.17, 15) is 4.79 Å². The van der Waals surface area contributed by atoms with Crippen LogP contribution >= 0.6 is 11.8 Å². The monoisotopic (exact) mass is 308 g/mol. The molecule has 2 rings (SSSR count). The van der Waals surface area contributed by atoms with Crippen molar-refractivity contribution in [2.75, 3.05) is 19.4 Å². The Kier molecular flexibility index (Phi) is 5.46. The van der Waals surface area contributed by atoms with E-state index in [2.05, 4.69) is 28.5 Å². The molecular formula is C14H20N4O2S. The molecule has 114 valence electrons. The smallest absolute Gasteiger partial charge is 0.343 e. The van der Waals surface area contributed by atoms with Crippen molar-refractivity contribution < 1.29 is 4.74 Å². The molecule has 0 saturated heterocycles. The molecule has 2 aromatic rings. The van der Waals surface area contributed by atoms with Crippen LogP contribution in [0.3, 0.4) is 0 Å². The Morgan fingerprint density at radius 3 is 2.86 bits per heavy atom. The fraction of sp³-hybridized carbons (Fsp3) is 0.429. The minimum atomic E-state index is -0.199. The third-order valence-corrected chi connectivity index (χ3v) is 4.31. The van der Waals surface area contributed by atoms with E-state index in [1.54, 1.807) is 14.2 Å². The molecule has 1 atom stereocenters. The van der Waals surface area contributed by atoms with Gasteiger partial charge in [-0.25, -0.2) is 9.89 Å². The molecule has 2 N–H and O–H groups in total. The molecular weight excluding hydrogens is 288 g/mol. The van der Waals surface area contributed by atoms with E-state index in [1.165, 1.54) is 16.3 Å². The first kappa shape index (κ1) is 15.7. The zero-order valence-corrected chi connectivity index (χ0v) is 13.2. The highest BCUT2D eigenvalue weighted by Gasteiger charge is 2.16. The summed E-state index contributed by atoms with van der Waals surface area (Å²) in [5.41, 5.74) is 0.907. The molecule has 1 unspecified atom stereocenters. The van der Waals surface area contributed by atoms with E-state index in [1.807, 2.05) is 18.2 Å². The first-order valence-electron chi connectivity index (χ1n) is 6.77. The number of para-hydroxylation sites is 1. The second kappa shape index (κ2) is 7.33. The molecule has 0 aliphatic rings. The third-order valence-electron chi connectivity index (χ3n) is 3.18. The topological polar surface area (TPSA) is 71.9 Å². The Morgan fingerprint density at radius 1 is 1.48 bits per heavy atom. The van der Waals surface area contributed by atoms with Crippen molar-refractivity contribution in [2.45, 2.75) is 18.1 Å². The van der Waals surface area contributed by atoms with Crippen molar-refractivity contribution in [3.05, 3.63) is 40.3 Å². The number of aromatic amines is 1. The molecule has 0 aliphatic carbocycles. The molecule has 1 aromatic heterocycles. The summed E-state index contributed by atoms with van der Waals surface area (Å²) in [5.74, 6) is 1.62. The number of hydrogen-bond acceptors (Lipinski definition) is 5. The van der Waals surface area contributed by atoms with Crippen LogP contribution in [0.4, 0.5) is 0 Å². The van der Waals surface area contributed by atoms with Crippen LogP contribution in [0.2, 0.25) is 0 Å². The Labute approximate surface area is 127 Å². The largest absolute Gasteiger partial charge is 0.496 e. The van der Waals surface area contributed by atoms with Crippen molar-refractivity contribution in [1.82, 2.24) is 20.1 Å². The van der Waals surface area contributed by atoms with Crippen molar-refractivity contribution >= 4 is 11.8 Å². The molecule has 0 amide bonds. The summed E-state index contributed by atoms with van der Waals surface area (Å²) < 4.78 is 6.94. The average Bonchev–Trinajstić information content (AvgIpc) is 2.83. The summed E-state index contributed by atoms with van der Waals surface area (Å²) in [6.07, 6.45) is 0. The minimum Gasteiger partial charge on any atom is -0.496 e. The summed E-state index contributed by atoms with van der Waals surface area (Å²) >= 11 is 1.53. The number of ether oxygens (including phenoxy) is 1. The zero-order valence-electron chi connectivity index (χ0n) is 12.4. The fourth-order valence-corrected chi connectivity index (χ4v) is 3.08. The van der Waals surface area contributed by atoms with Gasteiger partial charge in [-0.05, 0) is 12.6 Å². The lowest BCUT2D eigenvalue weighted by Crippen LogP contribution is -2.23. The number of hydrogen-bond donors (Lipinski definition) is 2. The van der Waals surface area contributed by atoms with Crippen molar-refractivity contribution in [3.8, 4) is 5.75 Å². The number of thioether (sulfide) groups is 1. The Balaban J connectivity index is 2.15. The standard InChI is InChI=1S/C14H20N4O2S/c1-4-15-11(10-7-5-6-8-12(10)20-3)9-21-14-17-16-13(19)18(14)2/h5-8,11,15H,4,9H2,1-3H3,(H,16,19). The molecule has 0 bridgehead atoms. The normalized spacial score (nSPS) is 12.3. The maximum Gasteiger partial charge on any atom is 0.343 e. The van der Waals surface area contributed by atoms with Gasteiger partial charge in [0.25, 0.3) is 0 Å². The Morgan fingerprint density at radius 2 is 2.24 bits per heavy atom. The summed E-state index contributed by atoms with van der Waals surface area (Å²) in [5, 5.41) is 10.6. The number of H-pyrrole nitrogens is 1. The Hall–Kier alpha value is -1.73. The van der Waals surface area contributed by atoms with Gasteiger partial charge in [0, 0.05) is 24.4 Å². The lowest BCUT2D eigenvalue weighted by Gasteiger charge is -2.20. The number of aromatic nitrogens is 3. The number of rotatable bonds is 7. The molecule has 0 aliphatic heterocycles. The van der Waals surface area contributed by atoms with E-state index < -0.39 is 0 Å². The van der Waals surface area contributed by atoms with Crippen LogP contribution in [0.25, 0.3) is 0 Å². The molecule has 6 nitrogen and oxygen atoms in total. The SMILES string of the molecule is CCNC(CSc1n[nH]c(=O)n1C)c1ccccc1OC. The average molecular weight is 308 g/mol. The van der Waals surface area contributed by atoms with E-state index in [0.717, 1.165) is 23.6 Å². The van der Waals surface area contributed by atoms with Crippen LogP contribution < -0.4 is 15.7 Å². The van der Waals surface area contributed by atoms with Gasteiger partial charge < -0.3 is 10.1 Å². The highest BCUT2D eigenvalue weighted by Crippen LogP contribution is 2.28. The number of methoxy groups -OCH3 is 1. The lowest BCUT2D eigenvalue weighted by atomic mass is 10.1. The quantitative estimate of drug-likeness (QED) is 0.760. The summed E-state index contributed by atoms with van der Waals surface area (Å²) in [6.45, 7) is 2.92. The number of nitrogens with one attached hydrogen (secondary N) is 2. The van der Waals surface area contributed by atoms with Gasteiger partial charge in [0.05, 0.1) is 7.11 Å². The first-order valence-corrected chi connectivity index (χ1v) is 7.76. The van der Waals surface area contributed by atoms with Gasteiger partial charge in [0.15, 0.2) is 5.16 Å². The number of nitrogens with zero attached hydrogens (tertiary/aromatic N) is 2. The molecule has 7 heteroatoms. The molecule has 0 saturated carbocycles. The molecule has 0 fully saturated rings. The van der Waals surface area contributed by atoms with E-state index in [-0.39, 0.29) is 11.7 Å². The predicted octanol–water partition coefficient (Wildman–Crippen LogP) is 1.56. The van der Waals surface area contributed by atoms with Gasteiger partial charge in [-0.15, -0.1) is 5.10 Å². The third kappa shape index (κ3) is 3.68. The summed E-state index contributed by atoms with van der Waals surface area (Å²) in [4.78, 5) is 11.4. The van der Waals surface area contributed by atoms with E-state index >= 15 is 0 Å². The van der Waals surface area contributed by atoms with Crippen LogP contribution in [-0.4, -0.2) is 34.2 Å². The molecule has 21 heavy (non-hydrogen) atoms. The van der Waals surface area contributed by atoms with Crippen molar-refractivity contribution in [3.63, 3.8) is 0 Å². The second-order valence-corrected chi connectivity index (χ2v) is 5.52. The van der Waals surface area contributed by atoms with Crippen LogP contribution in [0.15, 0.2) is 34.2 Å². The predicted molar refractivity (Wildman–Crippen MR) is 84.0 cm³/mol. The van der Waals surface area contributed by atoms with Crippen LogP contribution in [0.1, 0.15) is 18.5 Å². The van der Waals surface area contributed by atoms with E-state index in [0.29, 0.717) is 5.16 Å². The highest BCUT2D eigenvalue weighted by atomic mass is 32.2. The maximum atomic E-state index is 11.4. The second-order valence-electron chi connectivity index (χ2n) is 4.53. The van der Waals surface area contributed by atoms with Crippen molar-refractivity contribution in [2.24, 2.45) is 7.05 Å². The van der Waals surface area contributed by atoms with Gasteiger partial charge in [-0.2, -0.15) is 0 Å². The molecule has 1 heterocycles. The highest BCUT2D eigenvalue weighted by molar-refractivity contribution is 7.99. The molecule has 1 aromatic carbocycles. The summed E-state index contributed by atoms with van der Waals surface area (Å²) in [6, 6.07) is 8.08. The Bertz CT molecular complexity index is 638. The van der Waals surface area contributed by atoms with Gasteiger partial charge >= 0.3 is 5.69 Å². The minimum absolute atomic E-state index is 0.128. The summed E-state index contributed by atoms with van der Waals surface area (Å²) in [7, 11) is 3.38. The lowest BCUT2D eigenvalue weighted by molar-refractivity contribution is 0.403. The zero-order chi connectivity index (χ0) is 15.2. The number of benzene rings is 1. The van der Waals surface area contributed by atoms with Crippen LogP contribution in [-0.2, 0) is 7.05 Å². The molecule has 0 spiro atoms. The van der Waals surface area contributed by atoms with Crippen LogP contribution in [0.5, 0.6) is 5.75 Å². The van der Waals surface area contributed by atoms with Gasteiger partial charge in [0.1, 0.15) is 5.75 Å². The first-order chi connectivity index (χ1) is 10.2. The molecule has 0 radical (unpaired) electrons. The van der Waals surface area contributed by atoms with Gasteiger partial charge in [-0.1, -0.05) is 36.9 Å². The van der Waals surface area contributed by atoms with Crippen LogP contribution in [0, 0.1) is 0 Å².